The second kappa shape index (κ2) is 6.22. The fourth-order valence-corrected chi connectivity index (χ4v) is 4.42. The number of hydrogen-bond acceptors (Lipinski definition) is 4. The van der Waals surface area contributed by atoms with E-state index in [-0.39, 0.29) is 23.3 Å². The summed E-state index contributed by atoms with van der Waals surface area (Å²) in [5, 5.41) is 7.27. The lowest BCUT2D eigenvalue weighted by Crippen LogP contribution is -2.52. The van der Waals surface area contributed by atoms with Gasteiger partial charge in [-0.15, -0.1) is 0 Å². The maximum atomic E-state index is 12.7. The number of carbonyl (C=O) groups excluding carboxylic acids is 2. The quantitative estimate of drug-likeness (QED) is 0.907. The standard InChI is InChI=1S/C21H23N3O3/c25-19-16(14-4-2-1-3-5-14)13-21(22-19)8-10-24(11-9-21)20(26)18-12-17(23-27-18)15-6-7-15/h1-5,12,15-16H,6-11,13H2,(H,22,25). The molecule has 6 nitrogen and oxygen atoms in total. The zero-order chi connectivity index (χ0) is 18.4. The van der Waals surface area contributed by atoms with Crippen molar-refractivity contribution in [1.82, 2.24) is 15.4 Å². The zero-order valence-electron chi connectivity index (χ0n) is 15.2. The first-order chi connectivity index (χ1) is 13.1. The van der Waals surface area contributed by atoms with Gasteiger partial charge in [-0.05, 0) is 37.7 Å². The van der Waals surface area contributed by atoms with Crippen molar-refractivity contribution in [3.05, 3.63) is 53.4 Å². The van der Waals surface area contributed by atoms with Crippen molar-refractivity contribution < 1.29 is 14.1 Å². The summed E-state index contributed by atoms with van der Waals surface area (Å²) < 4.78 is 5.28. The van der Waals surface area contributed by atoms with Gasteiger partial charge in [0.2, 0.25) is 11.7 Å². The van der Waals surface area contributed by atoms with Crippen LogP contribution >= 0.6 is 0 Å². The highest BCUT2D eigenvalue weighted by atomic mass is 16.5. The van der Waals surface area contributed by atoms with Gasteiger partial charge in [0.25, 0.3) is 5.91 Å². The van der Waals surface area contributed by atoms with Crippen LogP contribution in [-0.2, 0) is 4.79 Å². The minimum absolute atomic E-state index is 0.0896. The molecule has 0 radical (unpaired) electrons. The van der Waals surface area contributed by atoms with E-state index >= 15 is 0 Å². The van der Waals surface area contributed by atoms with Crippen molar-refractivity contribution in [2.75, 3.05) is 13.1 Å². The third kappa shape index (κ3) is 3.03. The molecule has 1 unspecified atom stereocenters. The first-order valence-electron chi connectivity index (χ1n) is 9.76. The lowest BCUT2D eigenvalue weighted by molar-refractivity contribution is -0.121. The van der Waals surface area contributed by atoms with E-state index in [1.165, 1.54) is 0 Å². The van der Waals surface area contributed by atoms with Gasteiger partial charge in [-0.3, -0.25) is 9.59 Å². The average Bonchev–Trinajstić information content (AvgIpc) is 3.34. The molecule has 3 fully saturated rings. The smallest absolute Gasteiger partial charge is 0.292 e. The Labute approximate surface area is 157 Å². The Morgan fingerprint density at radius 1 is 1.19 bits per heavy atom. The Kier molecular flexibility index (Phi) is 3.81. The molecule has 0 bridgehead atoms. The number of nitrogens with one attached hydrogen (secondary N) is 1. The number of hydrogen-bond donors (Lipinski definition) is 1. The molecule has 2 aliphatic heterocycles. The van der Waals surface area contributed by atoms with Crippen molar-refractivity contribution >= 4 is 11.8 Å². The van der Waals surface area contributed by atoms with Crippen LogP contribution in [0.15, 0.2) is 40.9 Å². The summed E-state index contributed by atoms with van der Waals surface area (Å²) >= 11 is 0. The largest absolute Gasteiger partial charge is 0.351 e. The van der Waals surface area contributed by atoms with Gasteiger partial charge >= 0.3 is 0 Å². The van der Waals surface area contributed by atoms with Crippen LogP contribution in [0.4, 0.5) is 0 Å². The maximum absolute atomic E-state index is 12.7. The molecule has 1 aliphatic carbocycles. The number of nitrogens with zero attached hydrogens (tertiary/aromatic N) is 2. The van der Waals surface area contributed by atoms with Gasteiger partial charge in [0.15, 0.2) is 0 Å². The summed E-state index contributed by atoms with van der Waals surface area (Å²) in [6, 6.07) is 11.7. The molecule has 1 aromatic heterocycles. The predicted octanol–water partition coefficient (Wildman–Crippen LogP) is 2.83. The molecule has 140 valence electrons. The summed E-state index contributed by atoms with van der Waals surface area (Å²) in [6.45, 7) is 1.25. The average molecular weight is 365 g/mol. The Morgan fingerprint density at radius 3 is 2.63 bits per heavy atom. The van der Waals surface area contributed by atoms with Gasteiger partial charge in [0, 0.05) is 30.6 Å². The topological polar surface area (TPSA) is 75.4 Å². The highest BCUT2D eigenvalue weighted by Gasteiger charge is 2.47. The Morgan fingerprint density at radius 2 is 1.93 bits per heavy atom. The van der Waals surface area contributed by atoms with E-state index in [2.05, 4.69) is 10.5 Å². The van der Waals surface area contributed by atoms with E-state index in [0.29, 0.717) is 24.8 Å². The van der Waals surface area contributed by atoms with Gasteiger partial charge in [-0.2, -0.15) is 0 Å². The summed E-state index contributed by atoms with van der Waals surface area (Å²) in [7, 11) is 0. The van der Waals surface area contributed by atoms with Crippen LogP contribution in [0.1, 0.15) is 65.8 Å². The van der Waals surface area contributed by atoms with E-state index in [1.807, 2.05) is 35.2 Å². The van der Waals surface area contributed by atoms with Gasteiger partial charge in [0.1, 0.15) is 0 Å². The SMILES string of the molecule is O=C1NC2(CCN(C(=O)c3cc(C4CC4)no3)CC2)CC1c1ccccc1. The van der Waals surface area contributed by atoms with Crippen LogP contribution in [0.2, 0.25) is 0 Å². The minimum Gasteiger partial charge on any atom is -0.351 e. The van der Waals surface area contributed by atoms with Gasteiger partial charge in [-0.25, -0.2) is 0 Å². The minimum atomic E-state index is -0.199. The number of rotatable bonds is 3. The molecule has 3 heterocycles. The van der Waals surface area contributed by atoms with Crippen LogP contribution in [-0.4, -0.2) is 40.5 Å². The molecule has 1 N–H and O–H groups in total. The van der Waals surface area contributed by atoms with Crippen molar-refractivity contribution in [2.45, 2.75) is 49.5 Å². The summed E-state index contributed by atoms with van der Waals surface area (Å²) in [6.07, 6.45) is 4.62. The zero-order valence-corrected chi connectivity index (χ0v) is 15.2. The fraction of sp³-hybridized carbons (Fsp3) is 0.476. The molecule has 6 heteroatoms. The van der Waals surface area contributed by atoms with Gasteiger partial charge in [-0.1, -0.05) is 35.5 Å². The number of carbonyl (C=O) groups is 2. The summed E-state index contributed by atoms with van der Waals surface area (Å²) in [4.78, 5) is 27.1. The Hall–Kier alpha value is -2.63. The molecule has 2 aromatic rings. The van der Waals surface area contributed by atoms with Crippen LogP contribution in [0, 0.1) is 0 Å². The lowest BCUT2D eigenvalue weighted by atomic mass is 9.82. The molecule has 2 amide bonds. The highest BCUT2D eigenvalue weighted by Crippen LogP contribution is 2.41. The molecule has 5 rings (SSSR count). The molecular weight excluding hydrogens is 342 g/mol. The fourth-order valence-electron chi connectivity index (χ4n) is 4.42. The molecule has 27 heavy (non-hydrogen) atoms. The Bertz CT molecular complexity index is 864. The van der Waals surface area contributed by atoms with Gasteiger partial charge in [0.05, 0.1) is 11.6 Å². The second-order valence-electron chi connectivity index (χ2n) is 8.12. The Balaban J connectivity index is 1.24. The molecule has 3 aliphatic rings. The number of aromatic nitrogens is 1. The van der Waals surface area contributed by atoms with Crippen molar-refractivity contribution in [3.63, 3.8) is 0 Å². The number of benzene rings is 1. The third-order valence-corrected chi connectivity index (χ3v) is 6.24. The van der Waals surface area contributed by atoms with Crippen LogP contribution in [0.3, 0.4) is 0 Å². The summed E-state index contributed by atoms with van der Waals surface area (Å²) in [5.41, 5.74) is 1.77. The van der Waals surface area contributed by atoms with E-state index in [9.17, 15) is 9.59 Å². The maximum Gasteiger partial charge on any atom is 0.292 e. The molecule has 1 saturated carbocycles. The first kappa shape index (κ1) is 16.5. The molecule has 2 saturated heterocycles. The number of piperidine rings is 1. The third-order valence-electron chi connectivity index (χ3n) is 6.24. The first-order valence-corrected chi connectivity index (χ1v) is 9.76. The van der Waals surface area contributed by atoms with E-state index in [0.717, 1.165) is 43.4 Å². The van der Waals surface area contributed by atoms with E-state index in [1.54, 1.807) is 6.07 Å². The van der Waals surface area contributed by atoms with E-state index < -0.39 is 0 Å². The van der Waals surface area contributed by atoms with Crippen LogP contribution < -0.4 is 5.32 Å². The van der Waals surface area contributed by atoms with Gasteiger partial charge < -0.3 is 14.7 Å². The second-order valence-corrected chi connectivity index (χ2v) is 8.12. The normalized spacial score (nSPS) is 24.2. The van der Waals surface area contributed by atoms with Crippen molar-refractivity contribution in [1.29, 1.82) is 0 Å². The molecule has 1 atom stereocenters. The van der Waals surface area contributed by atoms with Crippen molar-refractivity contribution in [2.24, 2.45) is 0 Å². The van der Waals surface area contributed by atoms with Crippen molar-refractivity contribution in [3.8, 4) is 0 Å². The predicted molar refractivity (Wildman–Crippen MR) is 98.3 cm³/mol. The monoisotopic (exact) mass is 365 g/mol. The lowest BCUT2D eigenvalue weighted by Gasteiger charge is -2.39. The van der Waals surface area contributed by atoms with Crippen LogP contribution in [0.25, 0.3) is 0 Å². The van der Waals surface area contributed by atoms with Crippen LogP contribution in [0.5, 0.6) is 0 Å². The highest BCUT2D eigenvalue weighted by molar-refractivity contribution is 5.92. The number of likely N-dealkylation sites (tertiary alicyclic amines) is 1. The molecule has 1 spiro atoms. The number of amides is 2. The molecule has 1 aromatic carbocycles. The summed E-state index contributed by atoms with van der Waals surface area (Å²) in [5.74, 6) is 0.733. The van der Waals surface area contributed by atoms with E-state index in [4.69, 9.17) is 4.52 Å². The molecular formula is C21H23N3O3.